The van der Waals surface area contributed by atoms with Gasteiger partial charge in [0, 0.05) is 23.6 Å². The highest BCUT2D eigenvalue weighted by molar-refractivity contribution is 6.20. The van der Waals surface area contributed by atoms with Crippen molar-refractivity contribution in [1.29, 1.82) is 5.26 Å². The van der Waals surface area contributed by atoms with Crippen molar-refractivity contribution in [2.45, 2.75) is 31.1 Å². The molecule has 0 aromatic heterocycles. The number of rotatable bonds is 9. The second-order valence-electron chi connectivity index (χ2n) is 9.51. The lowest BCUT2D eigenvalue weighted by Gasteiger charge is -2.26. The molecule has 0 bridgehead atoms. The number of anilines is 1. The average molecular weight is 578 g/mol. The first kappa shape index (κ1) is 29.8. The molecule has 9 nitrogen and oxygen atoms in total. The smallest absolute Gasteiger partial charge is 0.389 e. The number of alkyl halides is 3. The molecular weight excluding hydrogens is 551 g/mol. The molecule has 0 saturated carbocycles. The molecule has 0 fully saturated rings. The Morgan fingerprint density at radius 3 is 2.33 bits per heavy atom. The van der Waals surface area contributed by atoms with E-state index >= 15 is 0 Å². The molecule has 4 N–H and O–H groups in total. The number of ether oxygens (including phenoxy) is 1. The molecule has 1 aliphatic rings. The number of nitrogens with one attached hydrogen (secondary N) is 2. The summed E-state index contributed by atoms with van der Waals surface area (Å²) in [5.74, 6) is -5.64. The van der Waals surface area contributed by atoms with Gasteiger partial charge in [-0.25, -0.2) is 4.99 Å². The third-order valence-electron chi connectivity index (χ3n) is 6.73. The van der Waals surface area contributed by atoms with Crippen molar-refractivity contribution in [2.24, 2.45) is 16.6 Å². The quantitative estimate of drug-likeness (QED) is 0.352. The summed E-state index contributed by atoms with van der Waals surface area (Å²) in [7, 11) is 1.35. The molecule has 0 saturated heterocycles. The van der Waals surface area contributed by atoms with Gasteiger partial charge < -0.3 is 21.1 Å². The number of primary amides is 1. The molecule has 0 unspecified atom stereocenters. The maximum absolute atomic E-state index is 13.6. The predicted octanol–water partition coefficient (Wildman–Crippen LogP) is 4.03. The van der Waals surface area contributed by atoms with Gasteiger partial charge in [0.05, 0.1) is 42.0 Å². The summed E-state index contributed by atoms with van der Waals surface area (Å²) < 4.78 is 45.2. The molecule has 3 aromatic carbocycles. The van der Waals surface area contributed by atoms with Gasteiger partial charge in [-0.15, -0.1) is 0 Å². The maximum atomic E-state index is 13.6. The standard InChI is InChI=1S/C30H26F3N5O4/c1-42-22-15-17(16-34)14-21-24(19-10-6-3-7-11-19)36-27(29(41)37-25(21)22)38-28(40)20(12-13-30(31,32)33)23(26(35)39)18-8-4-2-5-9-18/h2-11,14-15,20,23,27H,12-13H2,1H3,(H2,35,39)(H,37,41)(H,38,40)/t20-,23+,27-/m1/s1. The van der Waals surface area contributed by atoms with Crippen molar-refractivity contribution in [2.75, 3.05) is 12.4 Å². The third kappa shape index (κ3) is 6.75. The number of benzodiazepines with no additional fused rings is 1. The normalized spacial score (nSPS) is 16.0. The van der Waals surface area contributed by atoms with Crippen LogP contribution in [0.4, 0.5) is 18.9 Å². The number of benzene rings is 3. The SMILES string of the molecule is COc1cc(C#N)cc2c1NC(=O)[C@@H](NC(=O)[C@H](CCC(F)(F)F)[C@@H](C(N)=O)c1ccccc1)N=C2c1ccccc1. The molecule has 12 heteroatoms. The van der Waals surface area contributed by atoms with Gasteiger partial charge in [0.25, 0.3) is 5.91 Å². The summed E-state index contributed by atoms with van der Waals surface area (Å²) in [6.07, 6.45) is -8.36. The third-order valence-corrected chi connectivity index (χ3v) is 6.73. The fourth-order valence-electron chi connectivity index (χ4n) is 4.79. The first-order valence-corrected chi connectivity index (χ1v) is 12.8. The molecule has 1 heterocycles. The highest BCUT2D eigenvalue weighted by atomic mass is 19.4. The predicted molar refractivity (Wildman–Crippen MR) is 148 cm³/mol. The summed E-state index contributed by atoms with van der Waals surface area (Å²) in [4.78, 5) is 44.1. The monoisotopic (exact) mass is 577 g/mol. The first-order valence-electron chi connectivity index (χ1n) is 12.8. The summed E-state index contributed by atoms with van der Waals surface area (Å²) in [6, 6.07) is 21.3. The first-order chi connectivity index (χ1) is 20.0. The minimum atomic E-state index is -4.62. The highest BCUT2D eigenvalue weighted by Gasteiger charge is 2.39. The van der Waals surface area contributed by atoms with E-state index in [1.54, 1.807) is 48.5 Å². The Morgan fingerprint density at radius 1 is 1.12 bits per heavy atom. The summed E-state index contributed by atoms with van der Waals surface area (Å²) in [6.45, 7) is 0. The van der Waals surface area contributed by atoms with Gasteiger partial charge in [-0.05, 0) is 18.1 Å². The van der Waals surface area contributed by atoms with Gasteiger partial charge in [-0.1, -0.05) is 60.7 Å². The second-order valence-corrected chi connectivity index (χ2v) is 9.51. The highest BCUT2D eigenvalue weighted by Crippen LogP contribution is 2.35. The number of carbonyl (C=O) groups excluding carboxylic acids is 3. The van der Waals surface area contributed by atoms with E-state index in [1.807, 2.05) is 6.07 Å². The number of methoxy groups -OCH3 is 1. The Bertz CT molecular complexity index is 1550. The van der Waals surface area contributed by atoms with Crippen LogP contribution in [0.3, 0.4) is 0 Å². The summed E-state index contributed by atoms with van der Waals surface area (Å²) >= 11 is 0. The van der Waals surface area contributed by atoms with E-state index in [0.29, 0.717) is 11.1 Å². The van der Waals surface area contributed by atoms with Crippen LogP contribution in [0.1, 0.15) is 41.0 Å². The topological polar surface area (TPSA) is 147 Å². The van der Waals surface area contributed by atoms with Crippen LogP contribution in [0.5, 0.6) is 5.75 Å². The molecule has 3 aromatic rings. The zero-order valence-corrected chi connectivity index (χ0v) is 22.3. The number of nitrogens with zero attached hydrogens (tertiary/aromatic N) is 2. The van der Waals surface area contributed by atoms with Crippen LogP contribution in [0.2, 0.25) is 0 Å². The van der Waals surface area contributed by atoms with Crippen LogP contribution in [0.25, 0.3) is 0 Å². The van der Waals surface area contributed by atoms with Crippen molar-refractivity contribution < 1.29 is 32.3 Å². The van der Waals surface area contributed by atoms with E-state index in [9.17, 15) is 32.8 Å². The van der Waals surface area contributed by atoms with Crippen LogP contribution in [0, 0.1) is 17.2 Å². The van der Waals surface area contributed by atoms with E-state index in [2.05, 4.69) is 15.6 Å². The van der Waals surface area contributed by atoms with E-state index < -0.39 is 54.7 Å². The molecule has 3 amide bonds. The largest absolute Gasteiger partial charge is 0.495 e. The Morgan fingerprint density at radius 2 is 1.76 bits per heavy atom. The number of carbonyl (C=O) groups is 3. The number of halogens is 3. The average Bonchev–Trinajstić information content (AvgIpc) is 3.10. The fourth-order valence-corrected chi connectivity index (χ4v) is 4.79. The van der Waals surface area contributed by atoms with Gasteiger partial charge in [0.2, 0.25) is 18.0 Å². The Kier molecular flexibility index (Phi) is 8.90. The number of hydrogen-bond acceptors (Lipinski definition) is 6. The Balaban J connectivity index is 1.79. The second kappa shape index (κ2) is 12.6. The number of nitrogens with two attached hydrogens (primary N) is 1. The molecule has 0 spiro atoms. The van der Waals surface area contributed by atoms with Gasteiger partial charge in [-0.2, -0.15) is 18.4 Å². The fraction of sp³-hybridized carbons (Fsp3) is 0.233. The van der Waals surface area contributed by atoms with Crippen LogP contribution >= 0.6 is 0 Å². The van der Waals surface area contributed by atoms with Crippen LogP contribution in [-0.4, -0.2) is 42.9 Å². The molecule has 0 aliphatic carbocycles. The van der Waals surface area contributed by atoms with Crippen molar-refractivity contribution in [3.63, 3.8) is 0 Å². The lowest BCUT2D eigenvalue weighted by Crippen LogP contribution is -2.47. The van der Waals surface area contributed by atoms with E-state index in [4.69, 9.17) is 10.5 Å². The number of fused-ring (bicyclic) bond motifs is 1. The molecule has 0 radical (unpaired) electrons. The number of amides is 3. The van der Waals surface area contributed by atoms with Crippen molar-refractivity contribution in [1.82, 2.24) is 5.32 Å². The van der Waals surface area contributed by atoms with Gasteiger partial charge in [0.15, 0.2) is 0 Å². The Hall–Kier alpha value is -5.18. The minimum Gasteiger partial charge on any atom is -0.495 e. The van der Waals surface area contributed by atoms with Gasteiger partial charge in [-0.3, -0.25) is 14.4 Å². The summed E-state index contributed by atoms with van der Waals surface area (Å²) in [5.41, 5.74) is 7.33. The molecule has 216 valence electrons. The van der Waals surface area contributed by atoms with Gasteiger partial charge >= 0.3 is 6.18 Å². The molecule has 3 atom stereocenters. The minimum absolute atomic E-state index is 0.161. The van der Waals surface area contributed by atoms with Crippen LogP contribution in [-0.2, 0) is 14.4 Å². The Labute approximate surface area is 239 Å². The van der Waals surface area contributed by atoms with Crippen molar-refractivity contribution in [3.05, 3.63) is 95.1 Å². The zero-order valence-electron chi connectivity index (χ0n) is 22.3. The molecular formula is C30H26F3N5O4. The number of nitriles is 1. The lowest BCUT2D eigenvalue weighted by atomic mass is 9.81. The molecule has 1 aliphatic heterocycles. The van der Waals surface area contributed by atoms with E-state index in [1.165, 1.54) is 31.4 Å². The number of aliphatic imine (C=N–C) groups is 1. The zero-order chi connectivity index (χ0) is 30.4. The maximum Gasteiger partial charge on any atom is 0.389 e. The van der Waals surface area contributed by atoms with Crippen molar-refractivity contribution >= 4 is 29.1 Å². The van der Waals surface area contributed by atoms with Gasteiger partial charge in [0.1, 0.15) is 5.75 Å². The number of hydrogen-bond donors (Lipinski definition) is 3. The molecule has 42 heavy (non-hydrogen) atoms. The van der Waals surface area contributed by atoms with E-state index in [-0.39, 0.29) is 28.3 Å². The van der Waals surface area contributed by atoms with Crippen molar-refractivity contribution in [3.8, 4) is 11.8 Å². The molecule has 4 rings (SSSR count). The van der Waals surface area contributed by atoms with E-state index in [0.717, 1.165) is 0 Å². The van der Waals surface area contributed by atoms with Crippen LogP contribution < -0.4 is 21.1 Å². The summed E-state index contributed by atoms with van der Waals surface area (Å²) in [5, 5.41) is 14.6. The lowest BCUT2D eigenvalue weighted by molar-refractivity contribution is -0.144. The van der Waals surface area contributed by atoms with Crippen LogP contribution in [0.15, 0.2) is 77.8 Å².